The lowest BCUT2D eigenvalue weighted by molar-refractivity contribution is -0.386. The lowest BCUT2D eigenvalue weighted by Gasteiger charge is -2.04. The summed E-state index contributed by atoms with van der Waals surface area (Å²) in [4.78, 5) is 22.7. The third-order valence-electron chi connectivity index (χ3n) is 4.25. The van der Waals surface area contributed by atoms with Gasteiger partial charge in [-0.25, -0.2) is 4.39 Å². The predicted octanol–water partition coefficient (Wildman–Crippen LogP) is 2.82. The maximum Gasteiger partial charge on any atom is 0.312 e. The van der Waals surface area contributed by atoms with Gasteiger partial charge in [-0.2, -0.15) is 10.2 Å². The minimum Gasteiger partial charge on any atom is -0.323 e. The summed E-state index contributed by atoms with van der Waals surface area (Å²) in [5, 5.41) is 22.1. The number of aromatic nitrogens is 4. The average Bonchev–Trinajstić information content (AvgIpc) is 3.18. The van der Waals surface area contributed by atoms with Gasteiger partial charge in [0.25, 0.3) is 0 Å². The van der Waals surface area contributed by atoms with Crippen LogP contribution < -0.4 is 5.32 Å². The van der Waals surface area contributed by atoms with Crippen molar-refractivity contribution in [3.63, 3.8) is 0 Å². The topological polar surface area (TPSA) is 108 Å². The smallest absolute Gasteiger partial charge is 0.312 e. The number of nitro groups is 1. The Morgan fingerprint density at radius 2 is 2.00 bits per heavy atom. The SMILES string of the molecule is Cc1nn(CCC(=O)Nc2cnn(Cc3ccc(F)cc3)c2)c(C)c1[N+](=O)[O-]. The van der Waals surface area contributed by atoms with Crippen LogP contribution in [-0.2, 0) is 17.9 Å². The molecule has 1 aromatic carbocycles. The molecule has 0 aliphatic carbocycles. The van der Waals surface area contributed by atoms with Gasteiger partial charge in [-0.05, 0) is 31.5 Å². The van der Waals surface area contributed by atoms with E-state index in [9.17, 15) is 19.3 Å². The fourth-order valence-corrected chi connectivity index (χ4v) is 2.89. The molecule has 0 saturated carbocycles. The van der Waals surface area contributed by atoms with Crippen LogP contribution in [0.5, 0.6) is 0 Å². The van der Waals surface area contributed by atoms with Crippen molar-refractivity contribution in [3.8, 4) is 0 Å². The number of amides is 1. The molecule has 0 fully saturated rings. The first-order chi connectivity index (χ1) is 13.3. The number of hydrogen-bond acceptors (Lipinski definition) is 5. The Kier molecular flexibility index (Phi) is 5.48. The van der Waals surface area contributed by atoms with E-state index in [0.29, 0.717) is 23.6 Å². The van der Waals surface area contributed by atoms with Crippen LogP contribution >= 0.6 is 0 Å². The Labute approximate surface area is 159 Å². The van der Waals surface area contributed by atoms with E-state index in [1.54, 1.807) is 36.9 Å². The lowest BCUT2D eigenvalue weighted by atomic mass is 10.2. The largest absolute Gasteiger partial charge is 0.323 e. The summed E-state index contributed by atoms with van der Waals surface area (Å²) in [6.07, 6.45) is 3.31. The second-order valence-corrected chi connectivity index (χ2v) is 6.35. The van der Waals surface area contributed by atoms with E-state index in [0.717, 1.165) is 5.56 Å². The quantitative estimate of drug-likeness (QED) is 0.496. The molecule has 0 saturated heterocycles. The molecule has 0 atom stereocenters. The molecule has 0 aliphatic rings. The number of halogens is 1. The molecular weight excluding hydrogens is 367 g/mol. The second-order valence-electron chi connectivity index (χ2n) is 6.35. The Hall–Kier alpha value is -3.56. The number of nitrogens with one attached hydrogen (secondary N) is 1. The van der Waals surface area contributed by atoms with Crippen LogP contribution in [0.1, 0.15) is 23.4 Å². The number of benzene rings is 1. The summed E-state index contributed by atoms with van der Waals surface area (Å²) in [6.45, 7) is 3.86. The van der Waals surface area contributed by atoms with Crippen molar-refractivity contribution in [2.45, 2.75) is 33.4 Å². The molecular formula is C18H19FN6O3. The van der Waals surface area contributed by atoms with Gasteiger partial charge < -0.3 is 5.32 Å². The normalized spacial score (nSPS) is 10.8. The van der Waals surface area contributed by atoms with Crippen molar-refractivity contribution in [1.29, 1.82) is 0 Å². The number of rotatable bonds is 7. The maximum absolute atomic E-state index is 12.9. The molecule has 0 unspecified atom stereocenters. The van der Waals surface area contributed by atoms with E-state index < -0.39 is 4.92 Å². The molecule has 0 aliphatic heterocycles. The first-order valence-corrected chi connectivity index (χ1v) is 8.58. The fourth-order valence-electron chi connectivity index (χ4n) is 2.89. The molecule has 2 heterocycles. The van der Waals surface area contributed by atoms with E-state index in [1.165, 1.54) is 23.0 Å². The molecule has 1 amide bonds. The summed E-state index contributed by atoms with van der Waals surface area (Å²) < 4.78 is 16.0. The van der Waals surface area contributed by atoms with Gasteiger partial charge in [0.2, 0.25) is 5.91 Å². The van der Waals surface area contributed by atoms with Crippen molar-refractivity contribution in [2.75, 3.05) is 5.32 Å². The van der Waals surface area contributed by atoms with Gasteiger partial charge in [0, 0.05) is 12.6 Å². The first-order valence-electron chi connectivity index (χ1n) is 8.58. The monoisotopic (exact) mass is 386 g/mol. The van der Waals surface area contributed by atoms with E-state index in [4.69, 9.17) is 0 Å². The van der Waals surface area contributed by atoms with Crippen molar-refractivity contribution in [3.05, 3.63) is 69.5 Å². The molecule has 0 bridgehead atoms. The molecule has 28 heavy (non-hydrogen) atoms. The summed E-state index contributed by atoms with van der Waals surface area (Å²) >= 11 is 0. The highest BCUT2D eigenvalue weighted by Gasteiger charge is 2.21. The van der Waals surface area contributed by atoms with Crippen LogP contribution in [-0.4, -0.2) is 30.4 Å². The summed E-state index contributed by atoms with van der Waals surface area (Å²) in [5.74, 6) is -0.554. The Balaban J connectivity index is 1.56. The van der Waals surface area contributed by atoms with Crippen LogP contribution in [0.3, 0.4) is 0 Å². The molecule has 3 aromatic rings. The Morgan fingerprint density at radius 3 is 2.64 bits per heavy atom. The highest BCUT2D eigenvalue weighted by molar-refractivity contribution is 5.90. The number of hydrogen-bond donors (Lipinski definition) is 1. The minimum absolute atomic E-state index is 0.0255. The molecule has 0 radical (unpaired) electrons. The van der Waals surface area contributed by atoms with Crippen LogP contribution in [0.4, 0.5) is 15.8 Å². The van der Waals surface area contributed by atoms with Crippen molar-refractivity contribution in [2.24, 2.45) is 0 Å². The number of aryl methyl sites for hydroxylation is 2. The molecule has 3 rings (SSSR count). The van der Waals surface area contributed by atoms with Crippen LogP contribution in [0.25, 0.3) is 0 Å². The zero-order valence-electron chi connectivity index (χ0n) is 15.4. The minimum atomic E-state index is -0.469. The number of anilines is 1. The first kappa shape index (κ1) is 19.2. The van der Waals surface area contributed by atoms with Gasteiger partial charge in [-0.1, -0.05) is 12.1 Å². The highest BCUT2D eigenvalue weighted by atomic mass is 19.1. The third kappa shape index (κ3) is 4.40. The van der Waals surface area contributed by atoms with Gasteiger partial charge in [-0.3, -0.25) is 24.3 Å². The van der Waals surface area contributed by atoms with Gasteiger partial charge in [-0.15, -0.1) is 0 Å². The standard InChI is InChI=1S/C18H19FN6O3/c1-12-18(25(27)28)13(2)24(22-12)8-7-17(26)21-16-9-20-23(11-16)10-14-3-5-15(19)6-4-14/h3-6,9,11H,7-8,10H2,1-2H3,(H,21,26). The third-order valence-corrected chi connectivity index (χ3v) is 4.25. The van der Waals surface area contributed by atoms with E-state index in [2.05, 4.69) is 15.5 Å². The molecule has 10 heteroatoms. The number of carbonyl (C=O) groups is 1. The van der Waals surface area contributed by atoms with Crippen LogP contribution in [0.2, 0.25) is 0 Å². The zero-order valence-corrected chi connectivity index (χ0v) is 15.4. The highest BCUT2D eigenvalue weighted by Crippen LogP contribution is 2.22. The molecule has 1 N–H and O–H groups in total. The molecule has 2 aromatic heterocycles. The van der Waals surface area contributed by atoms with Gasteiger partial charge in [0.15, 0.2) is 0 Å². The van der Waals surface area contributed by atoms with E-state index >= 15 is 0 Å². The second kappa shape index (κ2) is 7.99. The number of carbonyl (C=O) groups excluding carboxylic acids is 1. The summed E-state index contributed by atoms with van der Waals surface area (Å²) in [5.41, 5.74) is 2.13. The van der Waals surface area contributed by atoms with Crippen molar-refractivity contribution in [1.82, 2.24) is 19.6 Å². The summed E-state index contributed by atoms with van der Waals surface area (Å²) in [7, 11) is 0. The predicted molar refractivity (Wildman–Crippen MR) is 99.3 cm³/mol. The molecule has 146 valence electrons. The van der Waals surface area contributed by atoms with Crippen molar-refractivity contribution < 1.29 is 14.1 Å². The number of nitrogens with zero attached hydrogens (tertiary/aromatic N) is 5. The zero-order chi connectivity index (χ0) is 20.3. The summed E-state index contributed by atoms with van der Waals surface area (Å²) in [6, 6.07) is 6.10. The van der Waals surface area contributed by atoms with Crippen LogP contribution in [0.15, 0.2) is 36.7 Å². The molecule has 0 spiro atoms. The van der Waals surface area contributed by atoms with E-state index in [-0.39, 0.29) is 30.4 Å². The van der Waals surface area contributed by atoms with E-state index in [1.807, 2.05) is 0 Å². The average molecular weight is 386 g/mol. The maximum atomic E-state index is 12.9. The Bertz CT molecular complexity index is 1010. The van der Waals surface area contributed by atoms with Crippen LogP contribution in [0, 0.1) is 29.8 Å². The molecule has 9 nitrogen and oxygen atoms in total. The van der Waals surface area contributed by atoms with Gasteiger partial charge >= 0.3 is 5.69 Å². The van der Waals surface area contributed by atoms with Gasteiger partial charge in [0.05, 0.1) is 29.9 Å². The fraction of sp³-hybridized carbons (Fsp3) is 0.278. The van der Waals surface area contributed by atoms with Gasteiger partial charge in [0.1, 0.15) is 17.2 Å². The Morgan fingerprint density at radius 1 is 1.29 bits per heavy atom. The lowest BCUT2D eigenvalue weighted by Crippen LogP contribution is -2.15. The van der Waals surface area contributed by atoms with Crippen molar-refractivity contribution >= 4 is 17.3 Å².